The summed E-state index contributed by atoms with van der Waals surface area (Å²) >= 11 is 0. The lowest BCUT2D eigenvalue weighted by Crippen LogP contribution is -2.16. The lowest BCUT2D eigenvalue weighted by Gasteiger charge is -2.16. The summed E-state index contributed by atoms with van der Waals surface area (Å²) in [6.07, 6.45) is 6.59. The second-order valence-corrected chi connectivity index (χ2v) is 3.54. The Hall–Kier alpha value is -1.60. The third kappa shape index (κ3) is 4.41. The Balaban J connectivity index is 2.78. The third-order valence-electron chi connectivity index (χ3n) is 2.41. The van der Waals surface area contributed by atoms with Crippen LogP contribution in [-0.2, 0) is 0 Å². The van der Waals surface area contributed by atoms with E-state index in [0.717, 1.165) is 12.0 Å². The molecule has 4 heteroatoms. The maximum Gasteiger partial charge on any atom is 0.387 e. The number of nitrogens with one attached hydrogen (secondary N) is 1. The first-order valence-corrected chi connectivity index (χ1v) is 5.33. The highest BCUT2D eigenvalue weighted by Gasteiger charge is 2.10. The molecule has 0 aromatic heterocycles. The van der Waals surface area contributed by atoms with E-state index in [-0.39, 0.29) is 11.8 Å². The predicted molar refractivity (Wildman–Crippen MR) is 62.9 cm³/mol. The standard InChI is InChI=1S/C13H15F2NO/c1-3-4-8-12(16-2)10-6-5-7-11(9-10)17-13(14)15/h1,5-7,9,12-13,16H,4,8H2,2H3. The molecule has 0 saturated carbocycles. The van der Waals surface area contributed by atoms with Gasteiger partial charge in [-0.3, -0.25) is 0 Å². The SMILES string of the molecule is C#CCCC(NC)c1cccc(OC(F)F)c1. The molecule has 0 bridgehead atoms. The van der Waals surface area contributed by atoms with Gasteiger partial charge in [-0.05, 0) is 31.2 Å². The van der Waals surface area contributed by atoms with Gasteiger partial charge in [0, 0.05) is 12.5 Å². The summed E-state index contributed by atoms with van der Waals surface area (Å²) in [4.78, 5) is 0. The Morgan fingerprint density at radius 2 is 2.24 bits per heavy atom. The maximum absolute atomic E-state index is 12.1. The Kier molecular flexibility index (Phi) is 5.44. The van der Waals surface area contributed by atoms with Crippen molar-refractivity contribution in [1.29, 1.82) is 0 Å². The van der Waals surface area contributed by atoms with Crippen LogP contribution in [0.1, 0.15) is 24.4 Å². The molecule has 1 rings (SSSR count). The second-order valence-electron chi connectivity index (χ2n) is 3.54. The highest BCUT2D eigenvalue weighted by molar-refractivity contribution is 5.30. The van der Waals surface area contributed by atoms with Crippen molar-refractivity contribution in [2.75, 3.05) is 7.05 Å². The van der Waals surface area contributed by atoms with Crippen molar-refractivity contribution in [2.45, 2.75) is 25.5 Å². The number of terminal acetylenes is 1. The second kappa shape index (κ2) is 6.87. The fourth-order valence-corrected chi connectivity index (χ4v) is 1.61. The number of alkyl halides is 2. The van der Waals surface area contributed by atoms with Crippen molar-refractivity contribution < 1.29 is 13.5 Å². The Morgan fingerprint density at radius 3 is 2.82 bits per heavy atom. The van der Waals surface area contributed by atoms with Crippen LogP contribution in [0.15, 0.2) is 24.3 Å². The molecule has 0 aliphatic carbocycles. The van der Waals surface area contributed by atoms with E-state index >= 15 is 0 Å². The number of hydrogen-bond donors (Lipinski definition) is 1. The van der Waals surface area contributed by atoms with Crippen LogP contribution in [0.3, 0.4) is 0 Å². The van der Waals surface area contributed by atoms with Crippen LogP contribution in [-0.4, -0.2) is 13.7 Å². The Labute approximate surface area is 100.0 Å². The fraction of sp³-hybridized carbons (Fsp3) is 0.385. The molecule has 1 N–H and O–H groups in total. The molecule has 1 aromatic rings. The summed E-state index contributed by atoms with van der Waals surface area (Å²) in [6, 6.07) is 6.70. The maximum atomic E-state index is 12.1. The number of halogens is 2. The normalized spacial score (nSPS) is 12.2. The third-order valence-corrected chi connectivity index (χ3v) is 2.41. The summed E-state index contributed by atoms with van der Waals surface area (Å²) in [6.45, 7) is -2.80. The molecule has 0 heterocycles. The average Bonchev–Trinajstić information content (AvgIpc) is 2.30. The first-order chi connectivity index (χ1) is 8.17. The smallest absolute Gasteiger partial charge is 0.387 e. The van der Waals surface area contributed by atoms with Crippen molar-refractivity contribution in [3.05, 3.63) is 29.8 Å². The van der Waals surface area contributed by atoms with Gasteiger partial charge >= 0.3 is 6.61 Å². The first-order valence-electron chi connectivity index (χ1n) is 5.33. The minimum absolute atomic E-state index is 0.0484. The molecule has 1 aromatic carbocycles. The van der Waals surface area contributed by atoms with Crippen LogP contribution in [0.5, 0.6) is 5.75 Å². The van der Waals surface area contributed by atoms with Crippen molar-refractivity contribution >= 4 is 0 Å². The number of benzene rings is 1. The molecule has 0 aliphatic rings. The molecule has 0 radical (unpaired) electrons. The zero-order valence-electron chi connectivity index (χ0n) is 9.62. The molecule has 17 heavy (non-hydrogen) atoms. The molecular weight excluding hydrogens is 224 g/mol. The van der Waals surface area contributed by atoms with E-state index < -0.39 is 6.61 Å². The summed E-state index contributed by atoms with van der Waals surface area (Å²) in [7, 11) is 1.81. The minimum Gasteiger partial charge on any atom is -0.435 e. The van der Waals surface area contributed by atoms with Crippen molar-refractivity contribution in [2.24, 2.45) is 0 Å². The molecule has 2 nitrogen and oxygen atoms in total. The molecule has 0 aliphatic heterocycles. The van der Waals surface area contributed by atoms with Gasteiger partial charge in [0.15, 0.2) is 0 Å². The van der Waals surface area contributed by atoms with E-state index in [1.54, 1.807) is 12.1 Å². The molecule has 0 spiro atoms. The lowest BCUT2D eigenvalue weighted by molar-refractivity contribution is -0.0499. The first kappa shape index (κ1) is 13.5. The van der Waals surface area contributed by atoms with Gasteiger partial charge in [0.1, 0.15) is 5.75 Å². The molecule has 0 saturated heterocycles. The summed E-state index contributed by atoms with van der Waals surface area (Å²) in [5.41, 5.74) is 0.890. The Bertz CT molecular complexity index is 387. The van der Waals surface area contributed by atoms with Gasteiger partial charge in [-0.2, -0.15) is 8.78 Å². The molecule has 0 amide bonds. The average molecular weight is 239 g/mol. The van der Waals surface area contributed by atoms with Crippen LogP contribution < -0.4 is 10.1 Å². The van der Waals surface area contributed by atoms with Crippen LogP contribution in [0.25, 0.3) is 0 Å². The van der Waals surface area contributed by atoms with E-state index in [4.69, 9.17) is 6.42 Å². The number of ether oxygens (including phenoxy) is 1. The van der Waals surface area contributed by atoms with E-state index in [1.807, 2.05) is 13.1 Å². The van der Waals surface area contributed by atoms with Gasteiger partial charge in [0.2, 0.25) is 0 Å². The summed E-state index contributed by atoms with van der Waals surface area (Å²) in [5.74, 6) is 2.72. The van der Waals surface area contributed by atoms with E-state index in [2.05, 4.69) is 16.0 Å². The summed E-state index contributed by atoms with van der Waals surface area (Å²) in [5, 5.41) is 3.10. The van der Waals surface area contributed by atoms with Crippen molar-refractivity contribution in [3.8, 4) is 18.1 Å². The van der Waals surface area contributed by atoms with Crippen LogP contribution in [0.2, 0.25) is 0 Å². The largest absolute Gasteiger partial charge is 0.435 e. The van der Waals surface area contributed by atoms with Crippen LogP contribution >= 0.6 is 0 Å². The number of rotatable bonds is 6. The lowest BCUT2D eigenvalue weighted by atomic mass is 10.0. The topological polar surface area (TPSA) is 21.3 Å². The molecular formula is C13H15F2NO. The summed E-state index contributed by atoms with van der Waals surface area (Å²) < 4.78 is 28.5. The molecule has 0 fully saturated rings. The minimum atomic E-state index is -2.80. The molecule has 1 atom stereocenters. The van der Waals surface area contributed by atoms with Gasteiger partial charge < -0.3 is 10.1 Å². The predicted octanol–water partition coefficient (Wildman–Crippen LogP) is 2.96. The van der Waals surface area contributed by atoms with E-state index in [9.17, 15) is 8.78 Å². The highest BCUT2D eigenvalue weighted by atomic mass is 19.3. The van der Waals surface area contributed by atoms with Gasteiger partial charge in [-0.25, -0.2) is 0 Å². The van der Waals surface area contributed by atoms with Gasteiger partial charge in [0.05, 0.1) is 0 Å². The Morgan fingerprint density at radius 1 is 1.47 bits per heavy atom. The number of hydrogen-bond acceptors (Lipinski definition) is 2. The monoisotopic (exact) mass is 239 g/mol. The van der Waals surface area contributed by atoms with Crippen LogP contribution in [0, 0.1) is 12.3 Å². The quantitative estimate of drug-likeness (QED) is 0.771. The molecule has 1 unspecified atom stereocenters. The van der Waals surface area contributed by atoms with E-state index in [1.165, 1.54) is 6.07 Å². The fourth-order valence-electron chi connectivity index (χ4n) is 1.61. The van der Waals surface area contributed by atoms with Crippen molar-refractivity contribution in [1.82, 2.24) is 5.32 Å². The zero-order chi connectivity index (χ0) is 12.7. The highest BCUT2D eigenvalue weighted by Crippen LogP contribution is 2.23. The van der Waals surface area contributed by atoms with Crippen LogP contribution in [0.4, 0.5) is 8.78 Å². The molecule has 92 valence electrons. The van der Waals surface area contributed by atoms with Gasteiger partial charge in [-0.15, -0.1) is 12.3 Å². The van der Waals surface area contributed by atoms with E-state index in [0.29, 0.717) is 6.42 Å². The van der Waals surface area contributed by atoms with Gasteiger partial charge in [0.25, 0.3) is 0 Å². The van der Waals surface area contributed by atoms with Crippen molar-refractivity contribution in [3.63, 3.8) is 0 Å². The zero-order valence-corrected chi connectivity index (χ0v) is 9.62. The van der Waals surface area contributed by atoms with Gasteiger partial charge in [-0.1, -0.05) is 12.1 Å².